The van der Waals surface area contributed by atoms with Crippen LogP contribution in [0.5, 0.6) is 11.5 Å². The van der Waals surface area contributed by atoms with Gasteiger partial charge in [-0.15, -0.1) is 0 Å². The molecule has 0 atom stereocenters. The van der Waals surface area contributed by atoms with Gasteiger partial charge in [-0.2, -0.15) is 0 Å². The minimum Gasteiger partial charge on any atom is -0.504 e. The highest BCUT2D eigenvalue weighted by molar-refractivity contribution is 5.94. The van der Waals surface area contributed by atoms with E-state index < -0.39 is 0 Å². The van der Waals surface area contributed by atoms with E-state index in [1.807, 2.05) is 0 Å². The zero-order chi connectivity index (χ0) is 11.3. The number of carbonyl (C=O) groups is 1. The lowest BCUT2D eigenvalue weighted by molar-refractivity contribution is 0.0962. The van der Waals surface area contributed by atoms with Crippen molar-refractivity contribution in [3.8, 4) is 11.5 Å². The molecule has 0 fully saturated rings. The molecule has 0 saturated heterocycles. The number of rotatable bonds is 4. The van der Waals surface area contributed by atoms with E-state index in [-0.39, 0.29) is 11.7 Å². The van der Waals surface area contributed by atoms with Crippen LogP contribution in [0.2, 0.25) is 0 Å². The molecule has 1 rings (SSSR count). The first-order valence-electron chi connectivity index (χ1n) is 4.48. The standard InChI is InChI=1S/C11H13NO3/c1-3-6-15-10-5-4-8(7-9(10)13)11(14)12-2/h3-5,7,13H,1,6H2,2H3,(H,12,14). The van der Waals surface area contributed by atoms with Crippen molar-refractivity contribution in [3.63, 3.8) is 0 Å². The highest BCUT2D eigenvalue weighted by Gasteiger charge is 2.07. The van der Waals surface area contributed by atoms with E-state index in [0.717, 1.165) is 0 Å². The fourth-order valence-electron chi connectivity index (χ4n) is 1.07. The van der Waals surface area contributed by atoms with Crippen LogP contribution < -0.4 is 10.1 Å². The molecule has 0 radical (unpaired) electrons. The summed E-state index contributed by atoms with van der Waals surface area (Å²) in [5, 5.41) is 12.0. The number of benzene rings is 1. The lowest BCUT2D eigenvalue weighted by atomic mass is 10.2. The van der Waals surface area contributed by atoms with Crippen LogP contribution in [0.4, 0.5) is 0 Å². The molecule has 2 N–H and O–H groups in total. The van der Waals surface area contributed by atoms with E-state index in [9.17, 15) is 9.90 Å². The Kier molecular flexibility index (Phi) is 3.74. The van der Waals surface area contributed by atoms with E-state index in [1.54, 1.807) is 18.2 Å². The number of amides is 1. The van der Waals surface area contributed by atoms with Crippen molar-refractivity contribution in [2.24, 2.45) is 0 Å². The van der Waals surface area contributed by atoms with Crippen LogP contribution >= 0.6 is 0 Å². The lowest BCUT2D eigenvalue weighted by Crippen LogP contribution is -2.17. The first kappa shape index (κ1) is 11.1. The molecular formula is C11H13NO3. The van der Waals surface area contributed by atoms with Crippen LogP contribution in [-0.4, -0.2) is 24.7 Å². The van der Waals surface area contributed by atoms with Gasteiger partial charge < -0.3 is 15.2 Å². The van der Waals surface area contributed by atoms with E-state index in [1.165, 1.54) is 13.1 Å². The lowest BCUT2D eigenvalue weighted by Gasteiger charge is -2.07. The molecule has 0 aliphatic heterocycles. The molecule has 0 heterocycles. The first-order valence-corrected chi connectivity index (χ1v) is 4.48. The molecule has 0 aliphatic carbocycles. The number of phenols is 1. The molecule has 0 aromatic heterocycles. The molecule has 80 valence electrons. The van der Waals surface area contributed by atoms with Gasteiger partial charge in [-0.1, -0.05) is 12.7 Å². The van der Waals surface area contributed by atoms with Crippen LogP contribution in [0.1, 0.15) is 10.4 Å². The zero-order valence-electron chi connectivity index (χ0n) is 8.49. The van der Waals surface area contributed by atoms with Crippen LogP contribution in [0.3, 0.4) is 0 Å². The van der Waals surface area contributed by atoms with Crippen molar-refractivity contribution in [2.75, 3.05) is 13.7 Å². The van der Waals surface area contributed by atoms with Crippen LogP contribution in [0.25, 0.3) is 0 Å². The van der Waals surface area contributed by atoms with Crippen LogP contribution in [0, 0.1) is 0 Å². The van der Waals surface area contributed by atoms with Crippen molar-refractivity contribution < 1.29 is 14.6 Å². The van der Waals surface area contributed by atoms with Gasteiger partial charge in [0.25, 0.3) is 5.91 Å². The maximum Gasteiger partial charge on any atom is 0.251 e. The summed E-state index contributed by atoms with van der Waals surface area (Å²) in [7, 11) is 1.53. The monoisotopic (exact) mass is 207 g/mol. The third kappa shape index (κ3) is 2.74. The second kappa shape index (κ2) is 5.05. The van der Waals surface area contributed by atoms with Gasteiger partial charge in [-0.3, -0.25) is 4.79 Å². The van der Waals surface area contributed by atoms with Crippen molar-refractivity contribution in [1.82, 2.24) is 5.32 Å². The topological polar surface area (TPSA) is 58.6 Å². The number of nitrogens with one attached hydrogen (secondary N) is 1. The molecular weight excluding hydrogens is 194 g/mol. The molecule has 4 nitrogen and oxygen atoms in total. The molecule has 0 saturated carbocycles. The number of hydrogen-bond donors (Lipinski definition) is 2. The average molecular weight is 207 g/mol. The molecule has 4 heteroatoms. The van der Waals surface area contributed by atoms with Crippen LogP contribution in [-0.2, 0) is 0 Å². The predicted octanol–water partition coefficient (Wildman–Crippen LogP) is 1.32. The summed E-state index contributed by atoms with van der Waals surface area (Å²) < 4.78 is 5.15. The van der Waals surface area contributed by atoms with Gasteiger partial charge in [0.1, 0.15) is 6.61 Å². The molecule has 0 spiro atoms. The van der Waals surface area contributed by atoms with Gasteiger partial charge in [-0.25, -0.2) is 0 Å². The third-order valence-corrected chi connectivity index (χ3v) is 1.80. The van der Waals surface area contributed by atoms with Crippen molar-refractivity contribution in [2.45, 2.75) is 0 Å². The van der Waals surface area contributed by atoms with Crippen molar-refractivity contribution >= 4 is 5.91 Å². The summed E-state index contributed by atoms with van der Waals surface area (Å²) in [4.78, 5) is 11.2. The Hall–Kier alpha value is -1.97. The first-order chi connectivity index (χ1) is 7.19. The minimum atomic E-state index is -0.249. The Morgan fingerprint density at radius 3 is 2.93 bits per heavy atom. The second-order valence-corrected chi connectivity index (χ2v) is 2.86. The molecule has 15 heavy (non-hydrogen) atoms. The minimum absolute atomic E-state index is 0.0575. The summed E-state index contributed by atoms with van der Waals surface area (Å²) >= 11 is 0. The molecule has 0 aliphatic rings. The number of ether oxygens (including phenoxy) is 1. The summed E-state index contributed by atoms with van der Waals surface area (Å²) in [5.41, 5.74) is 0.390. The van der Waals surface area contributed by atoms with E-state index in [4.69, 9.17) is 4.74 Å². The largest absolute Gasteiger partial charge is 0.504 e. The fourth-order valence-corrected chi connectivity index (χ4v) is 1.07. The van der Waals surface area contributed by atoms with Gasteiger partial charge in [-0.05, 0) is 18.2 Å². The number of carbonyl (C=O) groups excluding carboxylic acids is 1. The molecule has 0 unspecified atom stereocenters. The van der Waals surface area contributed by atoms with Crippen molar-refractivity contribution in [3.05, 3.63) is 36.4 Å². The number of phenolic OH excluding ortho intramolecular Hbond substituents is 1. The summed E-state index contributed by atoms with van der Waals surface area (Å²) in [6.45, 7) is 3.81. The highest BCUT2D eigenvalue weighted by Crippen LogP contribution is 2.26. The molecule has 1 amide bonds. The normalized spacial score (nSPS) is 9.40. The summed E-state index contributed by atoms with van der Waals surface area (Å²) in [6.07, 6.45) is 1.58. The van der Waals surface area contributed by atoms with E-state index in [0.29, 0.717) is 17.9 Å². The van der Waals surface area contributed by atoms with Gasteiger partial charge in [0.2, 0.25) is 0 Å². The van der Waals surface area contributed by atoms with Crippen LogP contribution in [0.15, 0.2) is 30.9 Å². The Morgan fingerprint density at radius 2 is 2.40 bits per heavy atom. The fraction of sp³-hybridized carbons (Fsp3) is 0.182. The van der Waals surface area contributed by atoms with E-state index in [2.05, 4.69) is 11.9 Å². The van der Waals surface area contributed by atoms with Crippen molar-refractivity contribution in [1.29, 1.82) is 0 Å². The Morgan fingerprint density at radius 1 is 1.67 bits per heavy atom. The highest BCUT2D eigenvalue weighted by atomic mass is 16.5. The van der Waals surface area contributed by atoms with Gasteiger partial charge in [0, 0.05) is 12.6 Å². The van der Waals surface area contributed by atoms with Gasteiger partial charge in [0.15, 0.2) is 11.5 Å². The zero-order valence-corrected chi connectivity index (χ0v) is 8.49. The summed E-state index contributed by atoms with van der Waals surface area (Å²) in [5.74, 6) is 0.0288. The molecule has 1 aromatic carbocycles. The van der Waals surface area contributed by atoms with E-state index >= 15 is 0 Å². The van der Waals surface area contributed by atoms with Gasteiger partial charge in [0.05, 0.1) is 0 Å². The molecule has 1 aromatic rings. The quantitative estimate of drug-likeness (QED) is 0.732. The average Bonchev–Trinajstić information content (AvgIpc) is 2.26. The second-order valence-electron chi connectivity index (χ2n) is 2.86. The Labute approximate surface area is 88.2 Å². The smallest absolute Gasteiger partial charge is 0.251 e. The number of hydrogen-bond acceptors (Lipinski definition) is 3. The maximum atomic E-state index is 11.2. The third-order valence-electron chi connectivity index (χ3n) is 1.80. The summed E-state index contributed by atoms with van der Waals surface area (Å²) in [6, 6.07) is 4.48. The predicted molar refractivity (Wildman–Crippen MR) is 57.2 cm³/mol. The number of aromatic hydroxyl groups is 1. The Balaban J connectivity index is 2.87. The maximum absolute atomic E-state index is 11.2. The van der Waals surface area contributed by atoms with Gasteiger partial charge >= 0.3 is 0 Å². The molecule has 0 bridgehead atoms. The Bertz CT molecular complexity index is 374. The SMILES string of the molecule is C=CCOc1ccc(C(=O)NC)cc1O.